The third-order valence-electron chi connectivity index (χ3n) is 1.68. The maximum atomic E-state index is 12.7. The minimum atomic E-state index is -0.653. The van der Waals surface area contributed by atoms with Crippen molar-refractivity contribution in [1.29, 1.82) is 0 Å². The number of halogens is 1. The highest BCUT2D eigenvalue weighted by atomic mass is 19.1. The maximum absolute atomic E-state index is 12.7. The van der Waals surface area contributed by atoms with E-state index in [9.17, 15) is 9.18 Å². The van der Waals surface area contributed by atoms with Gasteiger partial charge >= 0.3 is 0 Å². The van der Waals surface area contributed by atoms with Crippen LogP contribution >= 0.6 is 0 Å². The van der Waals surface area contributed by atoms with E-state index in [0.717, 1.165) is 0 Å². The number of amides is 1. The van der Waals surface area contributed by atoms with Crippen molar-refractivity contribution in [3.8, 4) is 0 Å². The number of rotatable bonds is 3. The largest absolute Gasteiger partial charge is 0.309 e. The quantitative estimate of drug-likeness (QED) is 0.729. The lowest BCUT2D eigenvalue weighted by atomic mass is 10.4. The summed E-state index contributed by atoms with van der Waals surface area (Å²) < 4.78 is 13.9. The molecule has 0 aromatic carbocycles. The highest BCUT2D eigenvalue weighted by Crippen LogP contribution is 2.03. The lowest BCUT2D eigenvalue weighted by molar-refractivity contribution is -0.116. The maximum Gasteiger partial charge on any atom is 0.247 e. The smallest absolute Gasteiger partial charge is 0.247 e. The van der Waals surface area contributed by atoms with Crippen LogP contribution in [-0.2, 0) is 11.3 Å². The topological polar surface area (TPSA) is 85.6 Å². The average molecular weight is 222 g/mol. The summed E-state index contributed by atoms with van der Waals surface area (Å²) >= 11 is 0. The first-order chi connectivity index (χ1) is 7.74. The molecule has 2 rings (SSSR count). The molecule has 0 atom stereocenters. The van der Waals surface area contributed by atoms with Crippen molar-refractivity contribution in [2.45, 2.75) is 6.54 Å². The zero-order valence-corrected chi connectivity index (χ0v) is 8.04. The number of nitrogens with zero attached hydrogens (tertiary/aromatic N) is 5. The number of carbonyl (C=O) groups excluding carboxylic acids is 1. The van der Waals surface area contributed by atoms with Crippen LogP contribution in [0.5, 0.6) is 0 Å². The van der Waals surface area contributed by atoms with Gasteiger partial charge in [0, 0.05) is 0 Å². The van der Waals surface area contributed by atoms with Crippen LogP contribution in [0.15, 0.2) is 24.5 Å². The van der Waals surface area contributed by atoms with E-state index >= 15 is 0 Å². The van der Waals surface area contributed by atoms with E-state index in [4.69, 9.17) is 0 Å². The van der Waals surface area contributed by atoms with Crippen molar-refractivity contribution >= 4 is 11.7 Å². The summed E-state index contributed by atoms with van der Waals surface area (Å²) in [6.07, 6.45) is 1.30. The summed E-state index contributed by atoms with van der Waals surface area (Å²) in [4.78, 5) is 14.9. The Hall–Kier alpha value is -2.38. The molecule has 0 aliphatic rings. The molecule has 1 N–H and O–H groups in total. The molecular weight excluding hydrogens is 215 g/mol. The Morgan fingerprint density at radius 1 is 1.50 bits per heavy atom. The monoisotopic (exact) mass is 222 g/mol. The molecule has 1 amide bonds. The molecule has 0 radical (unpaired) electrons. The van der Waals surface area contributed by atoms with Crippen LogP contribution in [0.2, 0.25) is 0 Å². The fourth-order valence-electron chi connectivity index (χ4n) is 1.06. The molecule has 0 fully saturated rings. The van der Waals surface area contributed by atoms with Gasteiger partial charge in [0.25, 0.3) is 0 Å². The highest BCUT2D eigenvalue weighted by Gasteiger charge is 2.05. The van der Waals surface area contributed by atoms with Crippen molar-refractivity contribution in [2.75, 3.05) is 5.32 Å². The first-order valence-corrected chi connectivity index (χ1v) is 4.37. The predicted molar refractivity (Wildman–Crippen MR) is 50.6 cm³/mol. The van der Waals surface area contributed by atoms with Gasteiger partial charge in [0.05, 0.1) is 0 Å². The van der Waals surface area contributed by atoms with Crippen LogP contribution in [0.25, 0.3) is 0 Å². The Morgan fingerprint density at radius 2 is 2.38 bits per heavy atom. The molecule has 0 saturated carbocycles. The number of nitrogens with one attached hydrogen (secondary N) is 1. The molecule has 0 aliphatic carbocycles. The molecule has 0 saturated heterocycles. The van der Waals surface area contributed by atoms with Gasteiger partial charge in [0.2, 0.25) is 11.9 Å². The molecule has 82 valence electrons. The zero-order valence-electron chi connectivity index (χ0n) is 8.04. The Labute approximate surface area is 89.3 Å². The third kappa shape index (κ3) is 2.56. The lowest BCUT2D eigenvalue weighted by Gasteiger charge is -2.03. The normalized spacial score (nSPS) is 10.1. The number of carbonyl (C=O) groups is 1. The molecule has 2 aromatic heterocycles. The van der Waals surface area contributed by atoms with Gasteiger partial charge in [-0.05, 0) is 22.6 Å². The molecule has 2 aromatic rings. The first kappa shape index (κ1) is 10.1. The van der Waals surface area contributed by atoms with E-state index < -0.39 is 5.95 Å². The fourth-order valence-corrected chi connectivity index (χ4v) is 1.06. The van der Waals surface area contributed by atoms with Gasteiger partial charge in [-0.3, -0.25) is 4.79 Å². The van der Waals surface area contributed by atoms with Gasteiger partial charge in [0.15, 0.2) is 0 Å². The van der Waals surface area contributed by atoms with E-state index in [0.29, 0.717) is 0 Å². The Balaban J connectivity index is 1.97. The number of tetrazole rings is 1. The van der Waals surface area contributed by atoms with Gasteiger partial charge < -0.3 is 5.32 Å². The van der Waals surface area contributed by atoms with Gasteiger partial charge in [-0.15, -0.1) is 5.10 Å². The molecule has 8 heteroatoms. The highest BCUT2D eigenvalue weighted by molar-refractivity contribution is 5.89. The number of hydrogen-bond acceptors (Lipinski definition) is 5. The standard InChI is InChI=1S/C8H7FN6O/c9-6-2-1-3-7(11-6)12-8(16)4-15-5-10-13-14-15/h1-3,5H,4H2,(H,11,12,16). The van der Waals surface area contributed by atoms with Crippen molar-refractivity contribution in [1.82, 2.24) is 25.2 Å². The first-order valence-electron chi connectivity index (χ1n) is 4.37. The van der Waals surface area contributed by atoms with E-state index in [1.165, 1.54) is 29.2 Å². The number of pyridine rings is 1. The summed E-state index contributed by atoms with van der Waals surface area (Å²) in [5.41, 5.74) is 0. The fraction of sp³-hybridized carbons (Fsp3) is 0.125. The molecular formula is C8H7FN6O. The van der Waals surface area contributed by atoms with Crippen molar-refractivity contribution in [2.24, 2.45) is 0 Å². The van der Waals surface area contributed by atoms with Gasteiger partial charge in [-0.25, -0.2) is 9.67 Å². The molecule has 16 heavy (non-hydrogen) atoms. The molecule has 0 spiro atoms. The number of aromatic nitrogens is 5. The van der Waals surface area contributed by atoms with Crippen LogP contribution in [0.3, 0.4) is 0 Å². The second-order valence-corrected chi connectivity index (χ2v) is 2.90. The molecule has 0 bridgehead atoms. The Kier molecular flexibility index (Phi) is 2.81. The average Bonchev–Trinajstić information content (AvgIpc) is 2.70. The summed E-state index contributed by atoms with van der Waals surface area (Å²) in [5.74, 6) is -0.885. The van der Waals surface area contributed by atoms with Gasteiger partial charge in [-0.1, -0.05) is 6.07 Å². The second kappa shape index (κ2) is 4.43. The van der Waals surface area contributed by atoms with Crippen molar-refractivity contribution in [3.63, 3.8) is 0 Å². The number of hydrogen-bond donors (Lipinski definition) is 1. The molecule has 7 nitrogen and oxygen atoms in total. The van der Waals surface area contributed by atoms with Crippen molar-refractivity contribution < 1.29 is 9.18 Å². The van der Waals surface area contributed by atoms with Crippen LogP contribution in [-0.4, -0.2) is 31.1 Å². The van der Waals surface area contributed by atoms with Crippen LogP contribution in [0.4, 0.5) is 10.2 Å². The van der Waals surface area contributed by atoms with Crippen LogP contribution in [0.1, 0.15) is 0 Å². The Morgan fingerprint density at radius 3 is 3.06 bits per heavy atom. The van der Waals surface area contributed by atoms with Gasteiger partial charge in [0.1, 0.15) is 18.7 Å². The molecule has 0 aliphatic heterocycles. The molecule has 2 heterocycles. The van der Waals surface area contributed by atoms with Crippen LogP contribution in [0, 0.1) is 5.95 Å². The van der Waals surface area contributed by atoms with Gasteiger partial charge in [-0.2, -0.15) is 4.39 Å². The SMILES string of the molecule is O=C(Cn1cnnn1)Nc1cccc(F)n1. The van der Waals surface area contributed by atoms with Crippen molar-refractivity contribution in [3.05, 3.63) is 30.5 Å². The molecule has 0 unspecified atom stereocenters. The Bertz CT molecular complexity index is 485. The third-order valence-corrected chi connectivity index (χ3v) is 1.68. The minimum absolute atomic E-state index is 0.0504. The summed E-state index contributed by atoms with van der Waals surface area (Å²) in [6, 6.07) is 4.13. The van der Waals surface area contributed by atoms with E-state index in [-0.39, 0.29) is 18.3 Å². The summed E-state index contributed by atoms with van der Waals surface area (Å²) in [6.45, 7) is -0.0504. The zero-order chi connectivity index (χ0) is 11.4. The summed E-state index contributed by atoms with van der Waals surface area (Å²) in [5, 5.41) is 12.7. The lowest BCUT2D eigenvalue weighted by Crippen LogP contribution is -2.19. The summed E-state index contributed by atoms with van der Waals surface area (Å²) in [7, 11) is 0. The van der Waals surface area contributed by atoms with E-state index in [1.54, 1.807) is 0 Å². The predicted octanol–water partition coefficient (Wildman–Crippen LogP) is -0.154. The van der Waals surface area contributed by atoms with Crippen LogP contribution < -0.4 is 5.32 Å². The van der Waals surface area contributed by atoms with E-state index in [1.807, 2.05) is 0 Å². The minimum Gasteiger partial charge on any atom is -0.309 e. The van der Waals surface area contributed by atoms with E-state index in [2.05, 4.69) is 25.8 Å². The number of anilines is 1. The second-order valence-electron chi connectivity index (χ2n) is 2.90.